The van der Waals surface area contributed by atoms with E-state index >= 15 is 0 Å². The Morgan fingerprint density at radius 3 is 2.38 bits per heavy atom. The van der Waals surface area contributed by atoms with E-state index in [2.05, 4.69) is 4.90 Å². The molecular formula is C18H16Cl2F3N. The number of halogens is 5. The molecule has 1 aliphatic heterocycles. The van der Waals surface area contributed by atoms with Crippen molar-refractivity contribution in [3.05, 3.63) is 68.7 Å². The van der Waals surface area contributed by atoms with Gasteiger partial charge in [-0.3, -0.25) is 4.90 Å². The SMILES string of the molecule is FC(F)(F)c1ccc2c(c1)CN(CCCc1ccc(Cl)c(Cl)c1)C2. The molecule has 3 rings (SSSR count). The van der Waals surface area contributed by atoms with Crippen LogP contribution in [0.1, 0.15) is 28.7 Å². The first-order valence-electron chi connectivity index (χ1n) is 7.68. The first-order valence-corrected chi connectivity index (χ1v) is 8.44. The van der Waals surface area contributed by atoms with E-state index in [1.165, 1.54) is 6.07 Å². The van der Waals surface area contributed by atoms with Gasteiger partial charge in [0.2, 0.25) is 0 Å². The Kier molecular flexibility index (Phi) is 5.09. The minimum atomic E-state index is -4.28. The van der Waals surface area contributed by atoms with Crippen molar-refractivity contribution in [3.63, 3.8) is 0 Å². The molecule has 2 aromatic rings. The lowest BCUT2D eigenvalue weighted by Gasteiger charge is -2.14. The lowest BCUT2D eigenvalue weighted by atomic mass is 10.1. The van der Waals surface area contributed by atoms with Gasteiger partial charge in [0.15, 0.2) is 0 Å². The van der Waals surface area contributed by atoms with Gasteiger partial charge >= 0.3 is 6.18 Å². The molecule has 2 aromatic carbocycles. The van der Waals surface area contributed by atoms with Crippen LogP contribution in [0.3, 0.4) is 0 Å². The largest absolute Gasteiger partial charge is 0.416 e. The number of fused-ring (bicyclic) bond motifs is 1. The second-order valence-corrected chi connectivity index (χ2v) is 6.86. The third-order valence-electron chi connectivity index (χ3n) is 4.25. The number of benzene rings is 2. The van der Waals surface area contributed by atoms with Gasteiger partial charge in [-0.15, -0.1) is 0 Å². The number of rotatable bonds is 4. The molecule has 6 heteroatoms. The van der Waals surface area contributed by atoms with E-state index in [4.69, 9.17) is 23.2 Å². The van der Waals surface area contributed by atoms with Crippen molar-refractivity contribution in [3.8, 4) is 0 Å². The minimum Gasteiger partial charge on any atom is -0.295 e. The van der Waals surface area contributed by atoms with Gasteiger partial charge in [-0.1, -0.05) is 35.3 Å². The van der Waals surface area contributed by atoms with E-state index in [9.17, 15) is 13.2 Å². The summed E-state index contributed by atoms with van der Waals surface area (Å²) in [4.78, 5) is 2.17. The standard InChI is InChI=1S/C18H16Cl2F3N/c19-16-6-3-12(8-17(16)20)2-1-7-24-10-13-4-5-15(18(21,22)23)9-14(13)11-24/h3-6,8-9H,1-2,7,10-11H2. The third-order valence-corrected chi connectivity index (χ3v) is 4.98. The number of hydrogen-bond acceptors (Lipinski definition) is 1. The molecule has 1 heterocycles. The Bertz CT molecular complexity index is 744. The number of aryl methyl sites for hydroxylation is 1. The molecule has 0 amide bonds. The monoisotopic (exact) mass is 373 g/mol. The smallest absolute Gasteiger partial charge is 0.295 e. The summed E-state index contributed by atoms with van der Waals surface area (Å²) in [5.41, 5.74) is 2.30. The lowest BCUT2D eigenvalue weighted by molar-refractivity contribution is -0.137. The summed E-state index contributed by atoms with van der Waals surface area (Å²) in [5, 5.41) is 1.08. The Balaban J connectivity index is 1.55. The van der Waals surface area contributed by atoms with Crippen molar-refractivity contribution in [1.82, 2.24) is 4.90 Å². The predicted molar refractivity (Wildman–Crippen MR) is 90.3 cm³/mol. The summed E-state index contributed by atoms with van der Waals surface area (Å²) in [6, 6.07) is 9.62. The molecule has 24 heavy (non-hydrogen) atoms. The summed E-state index contributed by atoms with van der Waals surface area (Å²) >= 11 is 11.9. The highest BCUT2D eigenvalue weighted by molar-refractivity contribution is 6.42. The topological polar surface area (TPSA) is 3.24 Å². The van der Waals surface area contributed by atoms with E-state index in [1.807, 2.05) is 12.1 Å². The Morgan fingerprint density at radius 1 is 0.917 bits per heavy atom. The van der Waals surface area contributed by atoms with Gasteiger partial charge in [0.25, 0.3) is 0 Å². The first-order chi connectivity index (χ1) is 11.3. The van der Waals surface area contributed by atoms with E-state index in [-0.39, 0.29) is 0 Å². The van der Waals surface area contributed by atoms with Gasteiger partial charge in [0.05, 0.1) is 15.6 Å². The van der Waals surface area contributed by atoms with Gasteiger partial charge < -0.3 is 0 Å². The Hall–Kier alpha value is -1.23. The molecule has 0 N–H and O–H groups in total. The molecule has 0 saturated heterocycles. The van der Waals surface area contributed by atoms with Crippen LogP contribution in [0, 0.1) is 0 Å². The summed E-state index contributed by atoms with van der Waals surface area (Å²) in [6.45, 7) is 2.10. The molecule has 0 fully saturated rings. The highest BCUT2D eigenvalue weighted by Gasteiger charge is 2.32. The number of hydrogen-bond donors (Lipinski definition) is 0. The molecule has 0 bridgehead atoms. The van der Waals surface area contributed by atoms with Gasteiger partial charge in [0, 0.05) is 13.1 Å². The van der Waals surface area contributed by atoms with Crippen LogP contribution >= 0.6 is 23.2 Å². The fourth-order valence-electron chi connectivity index (χ4n) is 3.00. The van der Waals surface area contributed by atoms with Crippen LogP contribution in [-0.4, -0.2) is 11.4 Å². The van der Waals surface area contributed by atoms with Crippen LogP contribution in [0.4, 0.5) is 13.2 Å². The molecule has 0 aromatic heterocycles. The quantitative estimate of drug-likeness (QED) is 0.638. The van der Waals surface area contributed by atoms with Crippen LogP contribution in [0.15, 0.2) is 36.4 Å². The predicted octanol–water partition coefficient (Wildman–Crippen LogP) is 5.96. The van der Waals surface area contributed by atoms with E-state index in [0.717, 1.165) is 42.1 Å². The van der Waals surface area contributed by atoms with Crippen LogP contribution in [-0.2, 0) is 25.7 Å². The van der Waals surface area contributed by atoms with Crippen molar-refractivity contribution >= 4 is 23.2 Å². The van der Waals surface area contributed by atoms with E-state index < -0.39 is 11.7 Å². The van der Waals surface area contributed by atoms with Crippen molar-refractivity contribution in [2.45, 2.75) is 32.1 Å². The average Bonchev–Trinajstić information content (AvgIpc) is 2.91. The second kappa shape index (κ2) is 6.95. The summed E-state index contributed by atoms with van der Waals surface area (Å²) < 4.78 is 38.3. The van der Waals surface area contributed by atoms with E-state index in [1.54, 1.807) is 12.1 Å². The molecular weight excluding hydrogens is 358 g/mol. The zero-order valence-electron chi connectivity index (χ0n) is 12.8. The number of nitrogens with zero attached hydrogens (tertiary/aromatic N) is 1. The fraction of sp³-hybridized carbons (Fsp3) is 0.333. The molecule has 0 unspecified atom stereocenters. The van der Waals surface area contributed by atoms with Crippen LogP contribution in [0.25, 0.3) is 0 Å². The zero-order valence-corrected chi connectivity index (χ0v) is 14.3. The van der Waals surface area contributed by atoms with Crippen molar-refractivity contribution < 1.29 is 13.2 Å². The maximum absolute atomic E-state index is 12.8. The van der Waals surface area contributed by atoms with Gasteiger partial charge in [0.1, 0.15) is 0 Å². The minimum absolute atomic E-state index is 0.538. The maximum Gasteiger partial charge on any atom is 0.416 e. The highest BCUT2D eigenvalue weighted by Crippen LogP contribution is 2.33. The van der Waals surface area contributed by atoms with Gasteiger partial charge in [-0.2, -0.15) is 13.2 Å². The molecule has 128 valence electrons. The molecule has 0 aliphatic carbocycles. The summed E-state index contributed by atoms with van der Waals surface area (Å²) in [5.74, 6) is 0. The Morgan fingerprint density at radius 2 is 1.67 bits per heavy atom. The van der Waals surface area contributed by atoms with E-state index in [0.29, 0.717) is 23.1 Å². The molecule has 0 atom stereocenters. The van der Waals surface area contributed by atoms with Crippen molar-refractivity contribution in [1.29, 1.82) is 0 Å². The second-order valence-electron chi connectivity index (χ2n) is 6.04. The van der Waals surface area contributed by atoms with Crippen LogP contribution in [0.5, 0.6) is 0 Å². The molecule has 0 spiro atoms. The zero-order chi connectivity index (χ0) is 17.3. The molecule has 0 radical (unpaired) electrons. The normalized spacial score (nSPS) is 14.9. The summed E-state index contributed by atoms with van der Waals surface area (Å²) in [7, 11) is 0. The maximum atomic E-state index is 12.8. The fourth-order valence-corrected chi connectivity index (χ4v) is 3.32. The lowest BCUT2D eigenvalue weighted by Crippen LogP contribution is -2.18. The van der Waals surface area contributed by atoms with Crippen LogP contribution in [0.2, 0.25) is 10.0 Å². The molecule has 1 aliphatic rings. The molecule has 1 nitrogen and oxygen atoms in total. The number of alkyl halides is 3. The highest BCUT2D eigenvalue weighted by atomic mass is 35.5. The summed E-state index contributed by atoms with van der Waals surface area (Å²) in [6.07, 6.45) is -2.51. The first kappa shape index (κ1) is 17.6. The Labute approximate surface area is 149 Å². The average molecular weight is 374 g/mol. The molecule has 0 saturated carbocycles. The van der Waals surface area contributed by atoms with Crippen molar-refractivity contribution in [2.24, 2.45) is 0 Å². The van der Waals surface area contributed by atoms with Crippen LogP contribution < -0.4 is 0 Å². The van der Waals surface area contributed by atoms with Crippen molar-refractivity contribution in [2.75, 3.05) is 6.54 Å². The van der Waals surface area contributed by atoms with Gasteiger partial charge in [-0.05, 0) is 60.3 Å². The van der Waals surface area contributed by atoms with Gasteiger partial charge in [-0.25, -0.2) is 0 Å². The third kappa shape index (κ3) is 4.05.